The Kier molecular flexibility index (Phi) is 6.19. The highest BCUT2D eigenvalue weighted by atomic mass is 19.4. The molecule has 4 aromatic rings. The fourth-order valence-corrected chi connectivity index (χ4v) is 3.94. The van der Waals surface area contributed by atoms with Gasteiger partial charge >= 0.3 is 6.18 Å². The molecule has 0 unspecified atom stereocenters. The van der Waals surface area contributed by atoms with Crippen LogP contribution < -0.4 is 5.32 Å². The van der Waals surface area contributed by atoms with Crippen molar-refractivity contribution in [2.75, 3.05) is 5.32 Å². The van der Waals surface area contributed by atoms with Crippen LogP contribution in [0, 0.1) is 12.8 Å². The molecule has 0 spiro atoms. The van der Waals surface area contributed by atoms with E-state index >= 15 is 0 Å². The lowest BCUT2D eigenvalue weighted by Gasteiger charge is -2.10. The van der Waals surface area contributed by atoms with Gasteiger partial charge in [0.15, 0.2) is 0 Å². The molecule has 1 N–H and O–H groups in total. The lowest BCUT2D eigenvalue weighted by molar-refractivity contribution is -0.137. The molecule has 0 atom stereocenters. The number of anilines is 2. The fourth-order valence-electron chi connectivity index (χ4n) is 3.94. The Morgan fingerprint density at radius 3 is 2.63 bits per heavy atom. The van der Waals surface area contributed by atoms with E-state index in [9.17, 15) is 13.2 Å². The molecule has 8 heteroatoms. The molecule has 2 heterocycles. The van der Waals surface area contributed by atoms with Crippen LogP contribution in [0.15, 0.2) is 65.8 Å². The van der Waals surface area contributed by atoms with E-state index in [4.69, 9.17) is 0 Å². The molecule has 0 aliphatic heterocycles. The number of fused-ring (bicyclic) bond motifs is 1. The highest BCUT2D eigenvalue weighted by Gasteiger charge is 2.30. The van der Waals surface area contributed by atoms with Crippen LogP contribution >= 0.6 is 0 Å². The van der Waals surface area contributed by atoms with Gasteiger partial charge < -0.3 is 5.32 Å². The first-order chi connectivity index (χ1) is 16.8. The molecule has 0 saturated heterocycles. The summed E-state index contributed by atoms with van der Waals surface area (Å²) in [4.78, 5) is 17.9. The maximum atomic E-state index is 12.9. The average Bonchev–Trinajstić information content (AvgIpc) is 3.64. The summed E-state index contributed by atoms with van der Waals surface area (Å²) < 4.78 is 38.7. The predicted octanol–water partition coefficient (Wildman–Crippen LogP) is 6.99. The van der Waals surface area contributed by atoms with Crippen molar-refractivity contribution in [3.63, 3.8) is 0 Å². The second-order valence-electron chi connectivity index (χ2n) is 8.87. The largest absolute Gasteiger partial charge is 0.416 e. The van der Waals surface area contributed by atoms with Crippen LogP contribution in [0.2, 0.25) is 0 Å². The molecule has 35 heavy (non-hydrogen) atoms. The van der Waals surface area contributed by atoms with Crippen molar-refractivity contribution < 1.29 is 13.2 Å². The molecular weight excluding hydrogens is 451 g/mol. The van der Waals surface area contributed by atoms with Crippen molar-refractivity contribution in [1.82, 2.24) is 15.0 Å². The van der Waals surface area contributed by atoms with Gasteiger partial charge in [0.25, 0.3) is 0 Å². The number of halogens is 3. The number of rotatable bonds is 7. The van der Waals surface area contributed by atoms with Gasteiger partial charge in [0.1, 0.15) is 0 Å². The van der Waals surface area contributed by atoms with Crippen LogP contribution in [-0.4, -0.2) is 21.2 Å². The molecule has 5 rings (SSSR count). The Hall–Kier alpha value is -3.81. The van der Waals surface area contributed by atoms with E-state index in [1.54, 1.807) is 30.6 Å². The molecule has 1 aliphatic rings. The Morgan fingerprint density at radius 1 is 1.03 bits per heavy atom. The molecule has 0 amide bonds. The molecule has 5 nitrogen and oxygen atoms in total. The smallest absolute Gasteiger partial charge is 0.354 e. The number of hydrogen-bond acceptors (Lipinski definition) is 5. The van der Waals surface area contributed by atoms with Crippen molar-refractivity contribution >= 4 is 34.4 Å². The van der Waals surface area contributed by atoms with Gasteiger partial charge in [-0.05, 0) is 74.1 Å². The van der Waals surface area contributed by atoms with Gasteiger partial charge in [-0.1, -0.05) is 18.2 Å². The Bertz CT molecular complexity index is 1380. The molecule has 1 aliphatic carbocycles. The molecule has 0 radical (unpaired) electrons. The third-order valence-electron chi connectivity index (χ3n) is 5.97. The van der Waals surface area contributed by atoms with Crippen LogP contribution in [0.25, 0.3) is 10.9 Å². The molecule has 2 aromatic carbocycles. The summed E-state index contributed by atoms with van der Waals surface area (Å²) >= 11 is 0. The minimum Gasteiger partial charge on any atom is -0.354 e. The molecule has 2 aromatic heterocycles. The fraction of sp³-hybridized carbons (Fsp3) is 0.259. The summed E-state index contributed by atoms with van der Waals surface area (Å²) in [6.07, 6.45) is 3.12. The number of alkyl halides is 3. The van der Waals surface area contributed by atoms with Crippen molar-refractivity contribution in [1.29, 1.82) is 0 Å². The van der Waals surface area contributed by atoms with Gasteiger partial charge in [0.2, 0.25) is 5.95 Å². The van der Waals surface area contributed by atoms with E-state index in [-0.39, 0.29) is 0 Å². The second-order valence-corrected chi connectivity index (χ2v) is 8.87. The van der Waals surface area contributed by atoms with Crippen LogP contribution in [0.4, 0.5) is 30.5 Å². The van der Waals surface area contributed by atoms with E-state index in [0.29, 0.717) is 23.7 Å². The van der Waals surface area contributed by atoms with Crippen LogP contribution in [0.3, 0.4) is 0 Å². The van der Waals surface area contributed by atoms with E-state index in [1.807, 2.05) is 6.92 Å². The number of pyridine rings is 1. The van der Waals surface area contributed by atoms with Crippen molar-refractivity contribution in [2.45, 2.75) is 38.8 Å². The van der Waals surface area contributed by atoms with E-state index < -0.39 is 11.7 Å². The number of aromatic nitrogens is 3. The monoisotopic (exact) mass is 475 g/mol. The van der Waals surface area contributed by atoms with E-state index in [0.717, 1.165) is 46.8 Å². The third kappa shape index (κ3) is 5.82. The second kappa shape index (κ2) is 9.44. The minimum absolute atomic E-state index is 0.347. The topological polar surface area (TPSA) is 63.1 Å². The SMILES string of the molecule is Cc1nc(N=CCc2ccc(Nc3cccc(C(F)(F)F)c3)cn2)nc2cc(CC3CC3)ccc12. The zero-order valence-corrected chi connectivity index (χ0v) is 19.2. The summed E-state index contributed by atoms with van der Waals surface area (Å²) in [5, 5.41) is 3.99. The first-order valence-electron chi connectivity index (χ1n) is 11.5. The first kappa shape index (κ1) is 23.0. The molecule has 1 saturated carbocycles. The molecular formula is C27H24F3N5. The summed E-state index contributed by atoms with van der Waals surface area (Å²) in [5.74, 6) is 1.23. The normalized spacial score (nSPS) is 14.1. The number of nitrogens with one attached hydrogen (secondary N) is 1. The summed E-state index contributed by atoms with van der Waals surface area (Å²) in [5.41, 5.74) is 4.12. The van der Waals surface area contributed by atoms with Gasteiger partial charge in [-0.15, -0.1) is 0 Å². The number of aliphatic imine (C=N–C) groups is 1. The number of benzene rings is 2. The van der Waals surface area contributed by atoms with E-state index in [1.165, 1.54) is 24.5 Å². The molecule has 1 fully saturated rings. The highest BCUT2D eigenvalue weighted by molar-refractivity contribution is 5.82. The van der Waals surface area contributed by atoms with Crippen molar-refractivity contribution in [3.8, 4) is 0 Å². The van der Waals surface area contributed by atoms with Gasteiger partial charge in [0.05, 0.1) is 28.7 Å². The molecule has 0 bridgehead atoms. The van der Waals surface area contributed by atoms with Crippen molar-refractivity contribution in [3.05, 3.63) is 83.3 Å². The Balaban J connectivity index is 1.24. The summed E-state index contributed by atoms with van der Waals surface area (Å²) in [6.45, 7) is 1.96. The molecule has 178 valence electrons. The highest BCUT2D eigenvalue weighted by Crippen LogP contribution is 2.33. The lowest BCUT2D eigenvalue weighted by Crippen LogP contribution is -2.05. The van der Waals surface area contributed by atoms with Crippen LogP contribution in [-0.2, 0) is 19.0 Å². The van der Waals surface area contributed by atoms with E-state index in [2.05, 4.69) is 43.5 Å². The predicted molar refractivity (Wildman–Crippen MR) is 132 cm³/mol. The average molecular weight is 476 g/mol. The van der Waals surface area contributed by atoms with Gasteiger partial charge in [-0.25, -0.2) is 15.0 Å². The van der Waals surface area contributed by atoms with Crippen LogP contribution in [0.5, 0.6) is 0 Å². The summed E-state index contributed by atoms with van der Waals surface area (Å²) in [6, 6.07) is 15.0. The maximum absolute atomic E-state index is 12.9. The Morgan fingerprint density at radius 2 is 1.89 bits per heavy atom. The number of nitrogens with zero attached hydrogens (tertiary/aromatic N) is 4. The summed E-state index contributed by atoms with van der Waals surface area (Å²) in [7, 11) is 0. The van der Waals surface area contributed by atoms with Crippen LogP contribution in [0.1, 0.15) is 35.4 Å². The maximum Gasteiger partial charge on any atom is 0.416 e. The quantitative estimate of drug-likeness (QED) is 0.293. The minimum atomic E-state index is -4.38. The zero-order chi connectivity index (χ0) is 24.4. The van der Waals surface area contributed by atoms with Crippen molar-refractivity contribution in [2.24, 2.45) is 10.9 Å². The number of aryl methyl sites for hydroxylation is 1. The number of hydrogen-bond donors (Lipinski definition) is 1. The Labute approximate surface area is 201 Å². The van der Waals surface area contributed by atoms with Gasteiger partial charge in [-0.3, -0.25) is 4.98 Å². The van der Waals surface area contributed by atoms with Gasteiger partial charge in [0, 0.05) is 29.4 Å². The third-order valence-corrected chi connectivity index (χ3v) is 5.97. The zero-order valence-electron chi connectivity index (χ0n) is 19.2. The lowest BCUT2D eigenvalue weighted by atomic mass is 10.1. The standard InChI is InChI=1S/C27H24F3N5/c1-17-24-10-7-19(13-18-5-6-18)14-25(24)35-26(33-17)31-12-11-21-8-9-23(16-32-21)34-22-4-2-3-20(15-22)27(28,29)30/h2-4,7-10,12,14-16,18,34H,5-6,11,13H2,1H3. The first-order valence-corrected chi connectivity index (χ1v) is 11.5. The van der Waals surface area contributed by atoms with Gasteiger partial charge in [-0.2, -0.15) is 13.2 Å².